The zero-order chi connectivity index (χ0) is 15.9. The van der Waals surface area contributed by atoms with E-state index >= 15 is 0 Å². The molecule has 2 N–H and O–H groups in total. The molecule has 0 spiro atoms. The fourth-order valence-electron chi connectivity index (χ4n) is 1.83. The highest BCUT2D eigenvalue weighted by Crippen LogP contribution is 2.21. The van der Waals surface area contributed by atoms with Gasteiger partial charge >= 0.3 is 0 Å². The van der Waals surface area contributed by atoms with E-state index in [-0.39, 0.29) is 0 Å². The maximum Gasteiger partial charge on any atom is 0.229 e. The molecule has 0 saturated carbocycles. The molecule has 22 heavy (non-hydrogen) atoms. The molecule has 7 nitrogen and oxygen atoms in total. The summed E-state index contributed by atoms with van der Waals surface area (Å²) in [6, 6.07) is 9.61. The number of hydrogen-bond acceptors (Lipinski definition) is 6. The molecule has 0 aliphatic heterocycles. The lowest BCUT2D eigenvalue weighted by atomic mass is 10.3. The molecule has 0 amide bonds. The number of nitrogens with one attached hydrogen (secondary N) is 2. The van der Waals surface area contributed by atoms with Crippen molar-refractivity contribution < 1.29 is 0 Å². The second-order valence-corrected chi connectivity index (χ2v) is 4.55. The monoisotopic (exact) mass is 297 g/mol. The molecule has 1 aromatic heterocycles. The van der Waals surface area contributed by atoms with Crippen LogP contribution < -0.4 is 15.6 Å². The van der Waals surface area contributed by atoms with E-state index in [1.807, 2.05) is 51.4 Å². The van der Waals surface area contributed by atoms with Gasteiger partial charge in [-0.2, -0.15) is 4.98 Å². The van der Waals surface area contributed by atoms with Crippen LogP contribution in [0.4, 0.5) is 23.1 Å². The zero-order valence-corrected chi connectivity index (χ0v) is 12.9. The van der Waals surface area contributed by atoms with Crippen LogP contribution in [0.25, 0.3) is 0 Å². The minimum absolute atomic E-state index is 0.539. The van der Waals surface area contributed by atoms with Gasteiger partial charge in [-0.05, 0) is 25.1 Å². The van der Waals surface area contributed by atoms with Crippen LogP contribution in [-0.4, -0.2) is 24.1 Å². The van der Waals surface area contributed by atoms with Crippen LogP contribution in [0.2, 0.25) is 0 Å². The zero-order valence-electron chi connectivity index (χ0n) is 12.9. The van der Waals surface area contributed by atoms with Gasteiger partial charge in [0, 0.05) is 37.7 Å². The lowest BCUT2D eigenvalue weighted by molar-refractivity contribution is 0.922. The molecule has 1 aromatic carbocycles. The van der Waals surface area contributed by atoms with Crippen LogP contribution in [0.3, 0.4) is 0 Å². The van der Waals surface area contributed by atoms with Crippen molar-refractivity contribution in [2.75, 3.05) is 29.7 Å². The summed E-state index contributed by atoms with van der Waals surface area (Å²) in [6.45, 7) is 5.43. The third-order valence-electron chi connectivity index (χ3n) is 2.85. The Hall–Kier alpha value is -2.96. The Morgan fingerprint density at radius 1 is 1.27 bits per heavy atom. The quantitative estimate of drug-likeness (QED) is 0.630. The van der Waals surface area contributed by atoms with Crippen molar-refractivity contribution in [2.24, 2.45) is 10.3 Å². The third-order valence-corrected chi connectivity index (χ3v) is 2.85. The molecule has 0 bridgehead atoms. The van der Waals surface area contributed by atoms with Gasteiger partial charge in [0.15, 0.2) is 0 Å². The Morgan fingerprint density at radius 2 is 2.09 bits per heavy atom. The molecule has 0 unspecified atom stereocenters. The number of hydrogen-bond donors (Lipinski definition) is 2. The smallest absolute Gasteiger partial charge is 0.229 e. The summed E-state index contributed by atoms with van der Waals surface area (Å²) in [7, 11) is 3.64. The van der Waals surface area contributed by atoms with Gasteiger partial charge in [0.05, 0.1) is 5.69 Å². The van der Waals surface area contributed by atoms with Crippen LogP contribution >= 0.6 is 0 Å². The number of rotatable bonds is 6. The van der Waals surface area contributed by atoms with Crippen LogP contribution in [0, 0.1) is 6.92 Å². The molecule has 0 radical (unpaired) electrons. The first-order valence-corrected chi connectivity index (χ1v) is 6.78. The Bertz CT molecular complexity index is 681. The van der Waals surface area contributed by atoms with Crippen LogP contribution in [-0.2, 0) is 0 Å². The number of benzene rings is 1. The molecule has 1 heterocycles. The fraction of sp³-hybridized carbons (Fsp3) is 0.200. The Labute approximate surface area is 129 Å². The van der Waals surface area contributed by atoms with E-state index < -0.39 is 0 Å². The predicted molar refractivity (Wildman–Crippen MR) is 89.5 cm³/mol. The highest BCUT2D eigenvalue weighted by atomic mass is 15.5. The lowest BCUT2D eigenvalue weighted by Crippen LogP contribution is -2.07. The first-order valence-electron chi connectivity index (χ1n) is 6.78. The molecule has 2 aromatic rings. The van der Waals surface area contributed by atoms with Gasteiger partial charge in [-0.25, -0.2) is 9.99 Å². The molecular formula is C15H19N7. The van der Waals surface area contributed by atoms with E-state index in [0.717, 1.165) is 22.9 Å². The van der Waals surface area contributed by atoms with Gasteiger partial charge in [-0.15, -0.1) is 5.11 Å². The third kappa shape index (κ3) is 4.02. The summed E-state index contributed by atoms with van der Waals surface area (Å²) in [5.41, 5.74) is 2.64. The van der Waals surface area contributed by atoms with Crippen molar-refractivity contribution in [1.29, 1.82) is 0 Å². The van der Waals surface area contributed by atoms with Crippen molar-refractivity contribution in [2.45, 2.75) is 6.92 Å². The molecule has 0 aliphatic rings. The highest BCUT2D eigenvalue weighted by Gasteiger charge is 2.04. The van der Waals surface area contributed by atoms with Gasteiger partial charge < -0.3 is 10.6 Å². The van der Waals surface area contributed by atoms with E-state index in [1.54, 1.807) is 5.01 Å². The first-order chi connectivity index (χ1) is 10.6. The van der Waals surface area contributed by atoms with Crippen LogP contribution in [0.15, 0.2) is 53.4 Å². The predicted octanol–water partition coefficient (Wildman–Crippen LogP) is 3.52. The Kier molecular flexibility index (Phi) is 5.02. The number of aromatic nitrogens is 2. The van der Waals surface area contributed by atoms with Crippen molar-refractivity contribution in [3.05, 3.63) is 48.8 Å². The Balaban J connectivity index is 2.21. The lowest BCUT2D eigenvalue weighted by Gasteiger charge is -2.13. The standard InChI is InChI=1S/C15H19N7/c1-5-17-21-22(4)13-8-6-7-12(10-13)19-15-18-11(2)9-14(16-3)20-15/h5-10H,1H2,2-4H3,(H2,16,18,19,20). The van der Waals surface area contributed by atoms with E-state index in [4.69, 9.17) is 0 Å². The van der Waals surface area contributed by atoms with E-state index in [0.29, 0.717) is 5.95 Å². The van der Waals surface area contributed by atoms with Crippen molar-refractivity contribution in [1.82, 2.24) is 9.97 Å². The number of aryl methyl sites for hydroxylation is 1. The summed E-state index contributed by atoms with van der Waals surface area (Å²) in [5.74, 6) is 1.31. The molecular weight excluding hydrogens is 278 g/mol. The maximum absolute atomic E-state index is 4.37. The van der Waals surface area contributed by atoms with Gasteiger partial charge in [0.2, 0.25) is 5.95 Å². The molecule has 7 heteroatoms. The Morgan fingerprint density at radius 3 is 2.82 bits per heavy atom. The van der Waals surface area contributed by atoms with Crippen LogP contribution in [0.1, 0.15) is 5.69 Å². The summed E-state index contributed by atoms with van der Waals surface area (Å²) in [5, 5.41) is 15.6. The molecule has 0 atom stereocenters. The van der Waals surface area contributed by atoms with Gasteiger partial charge in [-0.3, -0.25) is 0 Å². The number of nitrogens with zero attached hydrogens (tertiary/aromatic N) is 5. The molecule has 114 valence electrons. The van der Waals surface area contributed by atoms with Gasteiger partial charge in [-0.1, -0.05) is 17.9 Å². The second-order valence-electron chi connectivity index (χ2n) is 4.55. The number of anilines is 4. The normalized spacial score (nSPS) is 10.5. The van der Waals surface area contributed by atoms with Gasteiger partial charge in [0.1, 0.15) is 5.82 Å². The average molecular weight is 297 g/mol. The topological polar surface area (TPSA) is 77.8 Å². The van der Waals surface area contributed by atoms with Gasteiger partial charge in [0.25, 0.3) is 0 Å². The molecule has 0 aliphatic carbocycles. The molecule has 2 rings (SSSR count). The summed E-state index contributed by atoms with van der Waals surface area (Å²) < 4.78 is 0. The van der Waals surface area contributed by atoms with E-state index in [2.05, 4.69) is 37.5 Å². The average Bonchev–Trinajstić information content (AvgIpc) is 2.52. The summed E-state index contributed by atoms with van der Waals surface area (Å²) >= 11 is 0. The highest BCUT2D eigenvalue weighted by molar-refractivity contribution is 5.62. The molecule has 0 fully saturated rings. The van der Waals surface area contributed by atoms with E-state index in [1.165, 1.54) is 6.20 Å². The first kappa shape index (κ1) is 15.4. The van der Waals surface area contributed by atoms with Crippen LogP contribution in [0.5, 0.6) is 0 Å². The minimum Gasteiger partial charge on any atom is -0.373 e. The maximum atomic E-state index is 4.37. The van der Waals surface area contributed by atoms with E-state index in [9.17, 15) is 0 Å². The van der Waals surface area contributed by atoms with Crippen molar-refractivity contribution in [3.8, 4) is 0 Å². The largest absolute Gasteiger partial charge is 0.373 e. The summed E-state index contributed by atoms with van der Waals surface area (Å²) in [6.07, 6.45) is 1.39. The summed E-state index contributed by atoms with van der Waals surface area (Å²) in [4.78, 5) is 8.74. The second kappa shape index (κ2) is 7.16. The fourth-order valence-corrected chi connectivity index (χ4v) is 1.83. The SMILES string of the molecule is C=CN=NN(C)c1cccc(Nc2nc(C)cc(NC)n2)c1. The van der Waals surface area contributed by atoms with Crippen molar-refractivity contribution >= 4 is 23.1 Å². The minimum atomic E-state index is 0.539. The molecule has 0 saturated heterocycles. The van der Waals surface area contributed by atoms with Crippen molar-refractivity contribution in [3.63, 3.8) is 0 Å².